The number of unbranched alkanes of at least 4 members (excludes halogenated alkanes) is 1. The number of hydrogen-bond donors (Lipinski definition) is 2. The van der Waals surface area contributed by atoms with Crippen molar-refractivity contribution in [1.29, 1.82) is 0 Å². The van der Waals surface area contributed by atoms with E-state index in [1.54, 1.807) is 14.2 Å². The van der Waals surface area contributed by atoms with Crippen molar-refractivity contribution >= 4 is 5.69 Å². The van der Waals surface area contributed by atoms with Crippen LogP contribution in [0.1, 0.15) is 18.4 Å². The summed E-state index contributed by atoms with van der Waals surface area (Å²) in [6, 6.07) is 3.89. The van der Waals surface area contributed by atoms with Crippen LogP contribution in [0.5, 0.6) is 11.5 Å². The molecule has 1 aromatic carbocycles. The lowest BCUT2D eigenvalue weighted by Gasteiger charge is -2.14. The summed E-state index contributed by atoms with van der Waals surface area (Å²) >= 11 is 0. The maximum absolute atomic E-state index is 8.70. The fraction of sp³-hybridized carbons (Fsp3) is 0.538. The minimum absolute atomic E-state index is 0.243. The van der Waals surface area contributed by atoms with E-state index in [9.17, 15) is 0 Å². The molecule has 0 aliphatic heterocycles. The second-order valence-corrected chi connectivity index (χ2v) is 3.88. The molecular weight excluding hydrogens is 218 g/mol. The van der Waals surface area contributed by atoms with Gasteiger partial charge < -0.3 is 19.9 Å². The normalized spacial score (nSPS) is 10.1. The molecule has 0 aliphatic rings. The van der Waals surface area contributed by atoms with Gasteiger partial charge >= 0.3 is 0 Å². The predicted octanol–water partition coefficient (Wildman–Crippen LogP) is 2.20. The van der Waals surface area contributed by atoms with Crippen LogP contribution in [0, 0.1) is 6.92 Å². The largest absolute Gasteiger partial charge is 0.493 e. The van der Waals surface area contributed by atoms with E-state index in [0.29, 0.717) is 0 Å². The smallest absolute Gasteiger partial charge is 0.162 e. The number of aliphatic hydroxyl groups excluding tert-OH is 1. The van der Waals surface area contributed by atoms with Crippen molar-refractivity contribution in [1.82, 2.24) is 0 Å². The Morgan fingerprint density at radius 2 is 1.76 bits per heavy atom. The standard InChI is InChI=1S/C13H21NO3/c1-10-8-12(16-2)13(17-3)9-11(10)14-6-4-5-7-15/h8-9,14-15H,4-7H2,1-3H3. The Bertz CT molecular complexity index is 353. The van der Waals surface area contributed by atoms with Gasteiger partial charge in [0.15, 0.2) is 11.5 Å². The first-order chi connectivity index (χ1) is 8.22. The Balaban J connectivity index is 2.71. The molecule has 4 nitrogen and oxygen atoms in total. The van der Waals surface area contributed by atoms with Gasteiger partial charge in [0.2, 0.25) is 0 Å². The Labute approximate surface area is 103 Å². The van der Waals surface area contributed by atoms with Crippen molar-refractivity contribution in [2.24, 2.45) is 0 Å². The number of anilines is 1. The molecule has 0 aliphatic carbocycles. The molecule has 0 bridgehead atoms. The minimum Gasteiger partial charge on any atom is -0.493 e. The quantitative estimate of drug-likeness (QED) is 0.716. The van der Waals surface area contributed by atoms with Crippen LogP contribution in [-0.2, 0) is 0 Å². The molecule has 0 saturated carbocycles. The highest BCUT2D eigenvalue weighted by molar-refractivity contribution is 5.60. The molecule has 0 atom stereocenters. The third-order valence-corrected chi connectivity index (χ3v) is 2.63. The molecule has 0 saturated heterocycles. The molecule has 0 fully saturated rings. The van der Waals surface area contributed by atoms with Gasteiger partial charge in [0.05, 0.1) is 14.2 Å². The van der Waals surface area contributed by atoms with E-state index in [2.05, 4.69) is 5.32 Å². The van der Waals surface area contributed by atoms with Crippen LogP contribution in [0.4, 0.5) is 5.69 Å². The molecule has 0 unspecified atom stereocenters. The van der Waals surface area contributed by atoms with Gasteiger partial charge in [0.1, 0.15) is 0 Å². The second-order valence-electron chi connectivity index (χ2n) is 3.88. The molecule has 0 aromatic heterocycles. The van der Waals surface area contributed by atoms with E-state index in [4.69, 9.17) is 14.6 Å². The zero-order valence-electron chi connectivity index (χ0n) is 10.7. The van der Waals surface area contributed by atoms with Crippen molar-refractivity contribution in [3.8, 4) is 11.5 Å². The average Bonchev–Trinajstić information content (AvgIpc) is 2.35. The van der Waals surface area contributed by atoms with Crippen molar-refractivity contribution in [2.45, 2.75) is 19.8 Å². The van der Waals surface area contributed by atoms with Gasteiger partial charge in [0, 0.05) is 24.9 Å². The Morgan fingerprint density at radius 3 is 2.35 bits per heavy atom. The summed E-state index contributed by atoms with van der Waals surface area (Å²) in [4.78, 5) is 0. The van der Waals surface area contributed by atoms with E-state index in [0.717, 1.165) is 42.1 Å². The van der Waals surface area contributed by atoms with Crippen LogP contribution >= 0.6 is 0 Å². The summed E-state index contributed by atoms with van der Waals surface area (Å²) in [6.45, 7) is 3.11. The Kier molecular flexibility index (Phi) is 5.63. The molecule has 0 radical (unpaired) electrons. The lowest BCUT2D eigenvalue weighted by molar-refractivity contribution is 0.286. The second kappa shape index (κ2) is 7.01. The molecule has 0 amide bonds. The number of rotatable bonds is 7. The summed E-state index contributed by atoms with van der Waals surface area (Å²) in [6.07, 6.45) is 1.77. The summed E-state index contributed by atoms with van der Waals surface area (Å²) in [7, 11) is 3.26. The van der Waals surface area contributed by atoms with Crippen LogP contribution in [-0.4, -0.2) is 32.5 Å². The lowest BCUT2D eigenvalue weighted by atomic mass is 10.1. The van der Waals surface area contributed by atoms with Crippen LogP contribution in [0.2, 0.25) is 0 Å². The van der Waals surface area contributed by atoms with E-state index in [-0.39, 0.29) is 6.61 Å². The van der Waals surface area contributed by atoms with Gasteiger partial charge in [-0.15, -0.1) is 0 Å². The predicted molar refractivity (Wildman–Crippen MR) is 69.1 cm³/mol. The Morgan fingerprint density at radius 1 is 1.12 bits per heavy atom. The monoisotopic (exact) mass is 239 g/mol. The maximum atomic E-state index is 8.70. The first-order valence-corrected chi connectivity index (χ1v) is 5.80. The third kappa shape index (κ3) is 3.82. The first-order valence-electron chi connectivity index (χ1n) is 5.80. The fourth-order valence-electron chi connectivity index (χ4n) is 1.63. The lowest BCUT2D eigenvalue weighted by Crippen LogP contribution is -2.04. The van der Waals surface area contributed by atoms with Gasteiger partial charge in [-0.05, 0) is 31.4 Å². The first kappa shape index (κ1) is 13.6. The zero-order valence-corrected chi connectivity index (χ0v) is 10.7. The highest BCUT2D eigenvalue weighted by Gasteiger charge is 2.07. The van der Waals surface area contributed by atoms with Crippen LogP contribution in [0.3, 0.4) is 0 Å². The van der Waals surface area contributed by atoms with Gasteiger partial charge in [-0.2, -0.15) is 0 Å². The number of nitrogens with one attached hydrogen (secondary N) is 1. The molecule has 96 valence electrons. The van der Waals surface area contributed by atoms with Crippen molar-refractivity contribution < 1.29 is 14.6 Å². The molecule has 0 heterocycles. The number of methoxy groups -OCH3 is 2. The summed E-state index contributed by atoms with van der Waals surface area (Å²) in [5.74, 6) is 1.47. The summed E-state index contributed by atoms with van der Waals surface area (Å²) in [5, 5.41) is 12.0. The number of ether oxygens (including phenoxy) is 2. The molecule has 2 N–H and O–H groups in total. The highest BCUT2D eigenvalue weighted by Crippen LogP contribution is 2.32. The van der Waals surface area contributed by atoms with Gasteiger partial charge in [0.25, 0.3) is 0 Å². The molecule has 17 heavy (non-hydrogen) atoms. The van der Waals surface area contributed by atoms with Gasteiger partial charge in [-0.25, -0.2) is 0 Å². The highest BCUT2D eigenvalue weighted by atomic mass is 16.5. The minimum atomic E-state index is 0.243. The molecular formula is C13H21NO3. The number of benzene rings is 1. The van der Waals surface area contributed by atoms with E-state index in [1.807, 2.05) is 19.1 Å². The molecule has 1 rings (SSSR count). The third-order valence-electron chi connectivity index (χ3n) is 2.63. The van der Waals surface area contributed by atoms with Crippen LogP contribution in [0.15, 0.2) is 12.1 Å². The summed E-state index contributed by atoms with van der Waals surface area (Å²) in [5.41, 5.74) is 2.16. The number of hydrogen-bond acceptors (Lipinski definition) is 4. The SMILES string of the molecule is COc1cc(C)c(NCCCCO)cc1OC. The zero-order chi connectivity index (χ0) is 12.7. The average molecular weight is 239 g/mol. The van der Waals surface area contributed by atoms with Crippen molar-refractivity contribution in [3.63, 3.8) is 0 Å². The van der Waals surface area contributed by atoms with E-state index >= 15 is 0 Å². The molecule has 4 heteroatoms. The number of aryl methyl sites for hydroxylation is 1. The Hall–Kier alpha value is -1.42. The van der Waals surface area contributed by atoms with E-state index in [1.165, 1.54) is 0 Å². The summed E-state index contributed by atoms with van der Waals surface area (Å²) < 4.78 is 10.5. The van der Waals surface area contributed by atoms with Crippen LogP contribution in [0.25, 0.3) is 0 Å². The van der Waals surface area contributed by atoms with Crippen LogP contribution < -0.4 is 14.8 Å². The van der Waals surface area contributed by atoms with Gasteiger partial charge in [-0.3, -0.25) is 0 Å². The maximum Gasteiger partial charge on any atom is 0.162 e. The van der Waals surface area contributed by atoms with E-state index < -0.39 is 0 Å². The molecule has 1 aromatic rings. The van der Waals surface area contributed by atoms with Gasteiger partial charge in [-0.1, -0.05) is 0 Å². The number of aliphatic hydroxyl groups is 1. The van der Waals surface area contributed by atoms with Crippen molar-refractivity contribution in [3.05, 3.63) is 17.7 Å². The topological polar surface area (TPSA) is 50.7 Å². The molecule has 0 spiro atoms. The fourth-order valence-corrected chi connectivity index (χ4v) is 1.63. The van der Waals surface area contributed by atoms with Crippen molar-refractivity contribution in [2.75, 3.05) is 32.7 Å².